The number of anilines is 2. The Morgan fingerprint density at radius 2 is 1.81 bits per heavy atom. The molecular weight excluding hydrogens is 280 g/mol. The minimum atomic E-state index is -1.02. The van der Waals surface area contributed by atoms with Crippen molar-refractivity contribution in [2.45, 2.75) is 13.8 Å². The summed E-state index contributed by atoms with van der Waals surface area (Å²) >= 11 is 0. The van der Waals surface area contributed by atoms with Gasteiger partial charge in [-0.2, -0.15) is 15.0 Å². The molecule has 0 saturated heterocycles. The zero-order valence-corrected chi connectivity index (χ0v) is 11.7. The Morgan fingerprint density at radius 1 is 1.10 bits per heavy atom. The van der Waals surface area contributed by atoms with Crippen LogP contribution in [-0.2, 0) is 0 Å². The number of hydrogen-bond donors (Lipinski definition) is 1. The van der Waals surface area contributed by atoms with Crippen LogP contribution in [0.15, 0.2) is 18.2 Å². The summed E-state index contributed by atoms with van der Waals surface area (Å²) in [4.78, 5) is 13.8. The minimum Gasteiger partial charge on any atom is -0.424 e. The van der Waals surface area contributed by atoms with E-state index in [1.807, 2.05) is 18.7 Å². The van der Waals surface area contributed by atoms with E-state index in [1.54, 1.807) is 0 Å². The second-order valence-electron chi connectivity index (χ2n) is 4.13. The molecule has 0 radical (unpaired) electrons. The van der Waals surface area contributed by atoms with E-state index < -0.39 is 11.6 Å². The molecule has 8 heteroatoms. The normalized spacial score (nSPS) is 10.5. The third-order valence-electron chi connectivity index (χ3n) is 2.77. The lowest BCUT2D eigenvalue weighted by Crippen LogP contribution is -2.25. The van der Waals surface area contributed by atoms with Crippen LogP contribution in [0.25, 0.3) is 0 Å². The van der Waals surface area contributed by atoms with Crippen LogP contribution in [0.4, 0.5) is 20.7 Å². The molecule has 0 aliphatic carbocycles. The summed E-state index contributed by atoms with van der Waals surface area (Å²) in [6.07, 6.45) is 0. The Bertz CT molecular complexity index is 634. The van der Waals surface area contributed by atoms with E-state index in [0.717, 1.165) is 12.1 Å². The highest BCUT2D eigenvalue weighted by atomic mass is 19.2. The molecule has 2 N–H and O–H groups in total. The van der Waals surface area contributed by atoms with E-state index in [0.29, 0.717) is 19.0 Å². The number of ether oxygens (including phenoxy) is 1. The lowest BCUT2D eigenvalue weighted by atomic mass is 10.3. The Kier molecular flexibility index (Phi) is 4.46. The molecule has 1 aromatic heterocycles. The van der Waals surface area contributed by atoms with Gasteiger partial charge in [0.05, 0.1) is 0 Å². The highest BCUT2D eigenvalue weighted by molar-refractivity contribution is 5.37. The largest absolute Gasteiger partial charge is 0.424 e. The molecule has 2 rings (SSSR count). The molecule has 0 atom stereocenters. The molecular formula is C13H15F2N5O. The van der Waals surface area contributed by atoms with Crippen molar-refractivity contribution in [3.8, 4) is 11.8 Å². The van der Waals surface area contributed by atoms with E-state index in [-0.39, 0.29) is 17.7 Å². The molecule has 0 aliphatic rings. The zero-order chi connectivity index (χ0) is 15.4. The summed E-state index contributed by atoms with van der Waals surface area (Å²) in [5, 5.41) is 0. The van der Waals surface area contributed by atoms with Crippen LogP contribution < -0.4 is 15.4 Å². The van der Waals surface area contributed by atoms with Crippen LogP contribution in [-0.4, -0.2) is 28.0 Å². The molecule has 0 bridgehead atoms. The van der Waals surface area contributed by atoms with Gasteiger partial charge in [-0.25, -0.2) is 8.78 Å². The summed E-state index contributed by atoms with van der Waals surface area (Å²) in [7, 11) is 0. The molecule has 0 saturated carbocycles. The van der Waals surface area contributed by atoms with Gasteiger partial charge in [0.15, 0.2) is 11.6 Å². The van der Waals surface area contributed by atoms with Crippen molar-refractivity contribution in [1.29, 1.82) is 0 Å². The number of rotatable bonds is 5. The summed E-state index contributed by atoms with van der Waals surface area (Å²) in [5.41, 5.74) is 5.61. The van der Waals surface area contributed by atoms with Crippen molar-refractivity contribution >= 4 is 11.9 Å². The average molecular weight is 295 g/mol. The molecule has 6 nitrogen and oxygen atoms in total. The number of halogens is 2. The second-order valence-corrected chi connectivity index (χ2v) is 4.13. The molecule has 21 heavy (non-hydrogen) atoms. The van der Waals surface area contributed by atoms with Gasteiger partial charge < -0.3 is 15.4 Å². The van der Waals surface area contributed by atoms with Gasteiger partial charge in [-0.3, -0.25) is 0 Å². The number of hydrogen-bond acceptors (Lipinski definition) is 6. The molecule has 1 heterocycles. The second kappa shape index (κ2) is 6.29. The maximum atomic E-state index is 13.1. The Balaban J connectivity index is 2.29. The van der Waals surface area contributed by atoms with Crippen molar-refractivity contribution < 1.29 is 13.5 Å². The molecule has 0 fully saturated rings. The monoisotopic (exact) mass is 295 g/mol. The predicted octanol–water partition coefficient (Wildman–Crippen LogP) is 2.37. The number of nitrogens with two attached hydrogens (primary N) is 1. The molecule has 0 unspecified atom stereocenters. The predicted molar refractivity (Wildman–Crippen MR) is 74.2 cm³/mol. The van der Waals surface area contributed by atoms with Crippen LogP contribution in [0.3, 0.4) is 0 Å². The fourth-order valence-corrected chi connectivity index (χ4v) is 1.70. The lowest BCUT2D eigenvalue weighted by Gasteiger charge is -2.18. The molecule has 2 aromatic rings. The van der Waals surface area contributed by atoms with Crippen LogP contribution >= 0.6 is 0 Å². The van der Waals surface area contributed by atoms with Crippen molar-refractivity contribution in [3.05, 3.63) is 29.8 Å². The van der Waals surface area contributed by atoms with Crippen LogP contribution in [0.2, 0.25) is 0 Å². The van der Waals surface area contributed by atoms with Crippen LogP contribution in [0.5, 0.6) is 11.8 Å². The Hall–Kier alpha value is -2.51. The first-order valence-corrected chi connectivity index (χ1v) is 6.42. The van der Waals surface area contributed by atoms with Gasteiger partial charge in [0.2, 0.25) is 11.9 Å². The highest BCUT2D eigenvalue weighted by Crippen LogP contribution is 2.22. The lowest BCUT2D eigenvalue weighted by molar-refractivity contribution is 0.429. The van der Waals surface area contributed by atoms with Gasteiger partial charge in [-0.15, -0.1) is 0 Å². The molecule has 1 aromatic carbocycles. The van der Waals surface area contributed by atoms with E-state index in [1.165, 1.54) is 6.07 Å². The van der Waals surface area contributed by atoms with E-state index in [9.17, 15) is 8.78 Å². The highest BCUT2D eigenvalue weighted by Gasteiger charge is 2.12. The van der Waals surface area contributed by atoms with Gasteiger partial charge in [0.1, 0.15) is 5.75 Å². The van der Waals surface area contributed by atoms with E-state index in [4.69, 9.17) is 10.5 Å². The summed E-state index contributed by atoms with van der Waals surface area (Å²) in [6, 6.07) is 3.07. The van der Waals surface area contributed by atoms with Crippen LogP contribution in [0, 0.1) is 11.6 Å². The van der Waals surface area contributed by atoms with Crippen molar-refractivity contribution in [3.63, 3.8) is 0 Å². The third-order valence-corrected chi connectivity index (χ3v) is 2.77. The van der Waals surface area contributed by atoms with Crippen molar-refractivity contribution in [2.75, 3.05) is 23.7 Å². The fourth-order valence-electron chi connectivity index (χ4n) is 1.70. The Labute approximate surface area is 120 Å². The SMILES string of the molecule is CCN(CC)c1nc(N)nc(Oc2ccc(F)c(F)c2)n1. The van der Waals surface area contributed by atoms with Gasteiger partial charge in [0, 0.05) is 19.2 Å². The average Bonchev–Trinajstić information content (AvgIpc) is 2.44. The fraction of sp³-hybridized carbons (Fsp3) is 0.308. The first kappa shape index (κ1) is 14.9. The molecule has 0 spiro atoms. The number of benzene rings is 1. The van der Waals surface area contributed by atoms with Crippen molar-refractivity contribution in [2.24, 2.45) is 0 Å². The zero-order valence-electron chi connectivity index (χ0n) is 11.7. The van der Waals surface area contributed by atoms with Gasteiger partial charge in [-0.1, -0.05) is 0 Å². The molecule has 0 aliphatic heterocycles. The molecule has 0 amide bonds. The van der Waals surface area contributed by atoms with E-state index >= 15 is 0 Å². The number of aromatic nitrogens is 3. The van der Waals surface area contributed by atoms with Gasteiger partial charge in [0.25, 0.3) is 0 Å². The van der Waals surface area contributed by atoms with Crippen molar-refractivity contribution in [1.82, 2.24) is 15.0 Å². The molecule has 112 valence electrons. The standard InChI is InChI=1S/C13H15F2N5O/c1-3-20(4-2)12-17-11(16)18-13(19-12)21-8-5-6-9(14)10(15)7-8/h5-7H,3-4H2,1-2H3,(H2,16,17,18,19). The topological polar surface area (TPSA) is 77.2 Å². The maximum absolute atomic E-state index is 13.1. The number of nitrogens with zero attached hydrogens (tertiary/aromatic N) is 4. The quantitative estimate of drug-likeness (QED) is 0.912. The third kappa shape index (κ3) is 3.53. The smallest absolute Gasteiger partial charge is 0.328 e. The summed E-state index contributed by atoms with van der Waals surface area (Å²) in [5.74, 6) is -1.54. The summed E-state index contributed by atoms with van der Waals surface area (Å²) in [6.45, 7) is 5.26. The maximum Gasteiger partial charge on any atom is 0.328 e. The van der Waals surface area contributed by atoms with E-state index in [2.05, 4.69) is 15.0 Å². The van der Waals surface area contributed by atoms with Gasteiger partial charge >= 0.3 is 6.01 Å². The number of nitrogen functional groups attached to an aromatic ring is 1. The first-order chi connectivity index (χ1) is 10.0. The van der Waals surface area contributed by atoms with Crippen LogP contribution in [0.1, 0.15) is 13.8 Å². The Morgan fingerprint density at radius 3 is 2.43 bits per heavy atom. The summed E-state index contributed by atoms with van der Waals surface area (Å²) < 4.78 is 31.3. The van der Waals surface area contributed by atoms with Gasteiger partial charge in [-0.05, 0) is 26.0 Å². The minimum absolute atomic E-state index is 0.00974. The first-order valence-electron chi connectivity index (χ1n) is 6.42.